The number of amidine groups is 1. The summed E-state index contributed by atoms with van der Waals surface area (Å²) in [4.78, 5) is 16.0. The molecule has 0 spiro atoms. The van der Waals surface area contributed by atoms with E-state index in [0.29, 0.717) is 17.2 Å². The zero-order valence-electron chi connectivity index (χ0n) is 13.6. The van der Waals surface area contributed by atoms with Crippen molar-refractivity contribution in [3.05, 3.63) is 53.6 Å². The third kappa shape index (κ3) is 3.51. The maximum Gasteiger partial charge on any atom is 0.262 e. The summed E-state index contributed by atoms with van der Waals surface area (Å²) < 4.78 is 5.38. The van der Waals surface area contributed by atoms with Gasteiger partial charge >= 0.3 is 0 Å². The van der Waals surface area contributed by atoms with Gasteiger partial charge in [-0.2, -0.15) is 5.10 Å². The first kappa shape index (κ1) is 15.7. The van der Waals surface area contributed by atoms with Crippen LogP contribution in [0.3, 0.4) is 0 Å². The Bertz CT molecular complexity index is 908. The minimum absolute atomic E-state index is 0.0590. The van der Waals surface area contributed by atoms with Gasteiger partial charge in [0.15, 0.2) is 11.8 Å². The molecule has 2 aromatic carbocycles. The van der Waals surface area contributed by atoms with Gasteiger partial charge < -0.3 is 10.1 Å². The number of aliphatic imine (C=N–C) groups is 1. The number of aryl methyl sites for hydroxylation is 1. The summed E-state index contributed by atoms with van der Waals surface area (Å²) in [7, 11) is 0. The Balaban J connectivity index is 1.53. The van der Waals surface area contributed by atoms with Crippen molar-refractivity contribution in [1.82, 2.24) is 5.43 Å². The van der Waals surface area contributed by atoms with Gasteiger partial charge in [0.05, 0.1) is 17.1 Å². The zero-order valence-corrected chi connectivity index (χ0v) is 14.4. The summed E-state index contributed by atoms with van der Waals surface area (Å²) in [6.07, 6.45) is 0. The molecule has 0 fully saturated rings. The Kier molecular flexibility index (Phi) is 4.15. The second-order valence-corrected chi connectivity index (χ2v) is 6.73. The molecule has 0 aromatic heterocycles. The molecule has 2 aromatic rings. The minimum atomic E-state index is -0.143. The van der Waals surface area contributed by atoms with Gasteiger partial charge in [-0.1, -0.05) is 23.9 Å². The molecule has 25 heavy (non-hydrogen) atoms. The quantitative estimate of drug-likeness (QED) is 0.871. The number of benzene rings is 2. The number of hydrogen-bond donors (Lipinski definition) is 2. The lowest BCUT2D eigenvalue weighted by molar-refractivity contribution is -0.118. The predicted octanol–water partition coefficient (Wildman–Crippen LogP) is 3.05. The summed E-state index contributed by atoms with van der Waals surface area (Å²) in [6.45, 7) is 2.10. The molecule has 0 atom stereocenters. The van der Waals surface area contributed by atoms with E-state index in [9.17, 15) is 4.79 Å². The Morgan fingerprint density at radius 3 is 2.96 bits per heavy atom. The fourth-order valence-electron chi connectivity index (χ4n) is 2.60. The maximum absolute atomic E-state index is 11.5. The van der Waals surface area contributed by atoms with E-state index in [1.54, 1.807) is 11.8 Å². The number of amides is 1. The van der Waals surface area contributed by atoms with E-state index in [0.717, 1.165) is 22.1 Å². The maximum atomic E-state index is 11.5. The first-order chi connectivity index (χ1) is 12.2. The van der Waals surface area contributed by atoms with E-state index < -0.39 is 0 Å². The van der Waals surface area contributed by atoms with Crippen molar-refractivity contribution in [2.24, 2.45) is 10.1 Å². The third-order valence-corrected chi connectivity index (χ3v) is 4.68. The average Bonchev–Trinajstić information content (AvgIpc) is 2.62. The molecular weight excluding hydrogens is 336 g/mol. The van der Waals surface area contributed by atoms with Crippen molar-refractivity contribution in [3.63, 3.8) is 0 Å². The molecule has 0 saturated carbocycles. The van der Waals surface area contributed by atoms with Crippen molar-refractivity contribution >= 4 is 39.9 Å². The molecule has 0 unspecified atom stereocenters. The van der Waals surface area contributed by atoms with E-state index in [2.05, 4.69) is 20.8 Å². The van der Waals surface area contributed by atoms with Gasteiger partial charge in [-0.05, 0) is 42.8 Å². The number of thioether (sulfide) groups is 1. The number of hydrogen-bond acceptors (Lipinski definition) is 5. The number of carbonyl (C=O) groups is 1. The van der Waals surface area contributed by atoms with Gasteiger partial charge in [0.2, 0.25) is 0 Å². The lowest BCUT2D eigenvalue weighted by Crippen LogP contribution is -2.27. The van der Waals surface area contributed by atoms with Crippen LogP contribution in [0.1, 0.15) is 11.1 Å². The summed E-state index contributed by atoms with van der Waals surface area (Å²) >= 11 is 1.59. The second kappa shape index (κ2) is 6.60. The first-order valence-electron chi connectivity index (χ1n) is 7.85. The average molecular weight is 352 g/mol. The highest BCUT2D eigenvalue weighted by Crippen LogP contribution is 2.29. The Morgan fingerprint density at radius 2 is 2.16 bits per heavy atom. The molecule has 1 amide bonds. The Hall–Kier alpha value is -2.80. The van der Waals surface area contributed by atoms with Crippen LogP contribution < -0.4 is 15.5 Å². The van der Waals surface area contributed by atoms with Crippen molar-refractivity contribution in [2.75, 3.05) is 17.7 Å². The molecule has 126 valence electrons. The molecule has 0 aliphatic carbocycles. The van der Waals surface area contributed by atoms with Gasteiger partial charge in [0, 0.05) is 11.3 Å². The fraction of sp³-hybridized carbons (Fsp3) is 0.167. The van der Waals surface area contributed by atoms with Crippen LogP contribution in [-0.4, -0.2) is 29.1 Å². The third-order valence-electron chi connectivity index (χ3n) is 3.81. The van der Waals surface area contributed by atoms with E-state index in [-0.39, 0.29) is 12.5 Å². The van der Waals surface area contributed by atoms with Gasteiger partial charge in [-0.15, -0.1) is 0 Å². The molecule has 2 heterocycles. The van der Waals surface area contributed by atoms with E-state index >= 15 is 0 Å². The molecule has 0 radical (unpaired) electrons. The van der Waals surface area contributed by atoms with Crippen LogP contribution in [0.5, 0.6) is 5.75 Å². The molecule has 0 bridgehead atoms. The number of fused-ring (bicyclic) bond motifs is 1. The topological polar surface area (TPSA) is 75.1 Å². The SMILES string of the molecule is Cc1cccc(N=C2NN=C(c3ccc4c(c3)NC(=O)CO4)CS2)c1. The van der Waals surface area contributed by atoms with E-state index in [4.69, 9.17) is 4.74 Å². The van der Waals surface area contributed by atoms with Gasteiger partial charge in [-0.25, -0.2) is 4.99 Å². The monoisotopic (exact) mass is 352 g/mol. The van der Waals surface area contributed by atoms with Crippen LogP contribution in [0.4, 0.5) is 11.4 Å². The zero-order chi connectivity index (χ0) is 17.2. The van der Waals surface area contributed by atoms with Crippen molar-refractivity contribution in [1.29, 1.82) is 0 Å². The first-order valence-corrected chi connectivity index (χ1v) is 8.84. The molecule has 4 rings (SSSR count). The minimum Gasteiger partial charge on any atom is -0.482 e. The fourth-order valence-corrected chi connectivity index (χ4v) is 3.38. The molecule has 2 N–H and O–H groups in total. The molecular formula is C18H16N4O2S. The van der Waals surface area contributed by atoms with Gasteiger partial charge in [-0.3, -0.25) is 10.2 Å². The lowest BCUT2D eigenvalue weighted by Gasteiger charge is -2.20. The molecule has 6 nitrogen and oxygen atoms in total. The predicted molar refractivity (Wildman–Crippen MR) is 101 cm³/mol. The highest BCUT2D eigenvalue weighted by molar-refractivity contribution is 8.14. The number of nitrogens with one attached hydrogen (secondary N) is 2. The molecule has 7 heteroatoms. The summed E-state index contributed by atoms with van der Waals surface area (Å²) in [6, 6.07) is 13.7. The van der Waals surface area contributed by atoms with Crippen LogP contribution in [0.25, 0.3) is 0 Å². The van der Waals surface area contributed by atoms with E-state index in [1.807, 2.05) is 49.4 Å². The number of rotatable bonds is 2. The highest BCUT2D eigenvalue weighted by atomic mass is 32.2. The number of ether oxygens (including phenoxy) is 1. The summed E-state index contributed by atoms with van der Waals surface area (Å²) in [5.41, 5.74) is 7.61. The Morgan fingerprint density at radius 1 is 1.24 bits per heavy atom. The number of carbonyl (C=O) groups excluding carboxylic acids is 1. The summed E-state index contributed by atoms with van der Waals surface area (Å²) in [5, 5.41) is 8.01. The molecule has 2 aliphatic rings. The van der Waals surface area contributed by atoms with Crippen LogP contribution >= 0.6 is 11.8 Å². The lowest BCUT2D eigenvalue weighted by atomic mass is 10.1. The Labute approximate surface area is 149 Å². The van der Waals surface area contributed by atoms with Crippen molar-refractivity contribution < 1.29 is 9.53 Å². The second-order valence-electron chi connectivity index (χ2n) is 5.76. The molecule has 0 saturated heterocycles. The van der Waals surface area contributed by atoms with Crippen molar-refractivity contribution in [3.8, 4) is 5.75 Å². The molecule has 2 aliphatic heterocycles. The van der Waals surface area contributed by atoms with Crippen molar-refractivity contribution in [2.45, 2.75) is 6.92 Å². The standard InChI is InChI=1S/C18H16N4O2S/c1-11-3-2-4-13(7-11)19-18-22-21-15(10-25-18)12-5-6-16-14(8-12)20-17(23)9-24-16/h2-8H,9-10H2,1H3,(H,19,22)(H,20,23). The van der Waals surface area contributed by atoms with Gasteiger partial charge in [0.1, 0.15) is 5.75 Å². The normalized spacial score (nSPS) is 17.9. The number of hydrazone groups is 1. The largest absolute Gasteiger partial charge is 0.482 e. The number of nitrogens with zero attached hydrogens (tertiary/aromatic N) is 2. The van der Waals surface area contributed by atoms with Crippen LogP contribution in [-0.2, 0) is 4.79 Å². The number of anilines is 1. The van der Waals surface area contributed by atoms with E-state index in [1.165, 1.54) is 5.56 Å². The summed E-state index contributed by atoms with van der Waals surface area (Å²) in [5.74, 6) is 1.24. The van der Waals surface area contributed by atoms with Crippen LogP contribution in [0.15, 0.2) is 52.6 Å². The highest BCUT2D eigenvalue weighted by Gasteiger charge is 2.19. The smallest absolute Gasteiger partial charge is 0.262 e. The van der Waals surface area contributed by atoms with Gasteiger partial charge in [0.25, 0.3) is 5.91 Å². The van der Waals surface area contributed by atoms with Crippen LogP contribution in [0.2, 0.25) is 0 Å². The van der Waals surface area contributed by atoms with Crippen LogP contribution in [0, 0.1) is 6.92 Å².